The second-order valence-corrected chi connectivity index (χ2v) is 4.53. The molecule has 0 aliphatic carbocycles. The number of aromatic hydroxyl groups is 1. The fourth-order valence-electron chi connectivity index (χ4n) is 1.98. The number of ether oxygens (including phenoxy) is 1. The van der Waals surface area contributed by atoms with Gasteiger partial charge >= 0.3 is 0 Å². The molecule has 0 aliphatic rings. The van der Waals surface area contributed by atoms with Crippen LogP contribution in [-0.2, 0) is 6.54 Å². The van der Waals surface area contributed by atoms with Crippen molar-refractivity contribution in [2.24, 2.45) is 0 Å². The maximum absolute atomic E-state index is 12.3. The lowest BCUT2D eigenvalue weighted by molar-refractivity contribution is 0.0782. The Morgan fingerprint density at radius 1 is 1.20 bits per heavy atom. The molecule has 20 heavy (non-hydrogen) atoms. The minimum atomic E-state index is -0.217. The van der Waals surface area contributed by atoms with Gasteiger partial charge in [0.05, 0.1) is 12.7 Å². The van der Waals surface area contributed by atoms with Gasteiger partial charge in [-0.05, 0) is 29.8 Å². The van der Waals surface area contributed by atoms with Crippen LogP contribution in [0.4, 0.5) is 0 Å². The van der Waals surface area contributed by atoms with E-state index in [-0.39, 0.29) is 11.7 Å². The number of rotatable bonds is 4. The van der Waals surface area contributed by atoms with Gasteiger partial charge in [-0.3, -0.25) is 4.79 Å². The molecule has 4 nitrogen and oxygen atoms in total. The van der Waals surface area contributed by atoms with Gasteiger partial charge in [0, 0.05) is 13.6 Å². The standard InChI is InChI=1S/C16H17NO3/c1-17(11-12-6-5-7-13(10-12)20-2)16(19)14-8-3-4-9-15(14)18/h3-10,18H,11H2,1-2H3. The van der Waals surface area contributed by atoms with E-state index in [1.807, 2.05) is 24.3 Å². The predicted octanol–water partition coefficient (Wildman–Crippen LogP) is 2.67. The minimum absolute atomic E-state index is 0.00464. The zero-order valence-electron chi connectivity index (χ0n) is 11.5. The highest BCUT2D eigenvalue weighted by Gasteiger charge is 2.15. The Hall–Kier alpha value is -2.49. The summed E-state index contributed by atoms with van der Waals surface area (Å²) >= 11 is 0. The molecule has 0 aromatic heterocycles. The van der Waals surface area contributed by atoms with E-state index in [0.29, 0.717) is 12.1 Å². The monoisotopic (exact) mass is 271 g/mol. The highest BCUT2D eigenvalue weighted by Crippen LogP contribution is 2.19. The first-order valence-electron chi connectivity index (χ1n) is 6.28. The molecule has 0 atom stereocenters. The van der Waals surface area contributed by atoms with Crippen LogP contribution >= 0.6 is 0 Å². The predicted molar refractivity (Wildman–Crippen MR) is 76.9 cm³/mol. The fraction of sp³-hybridized carbons (Fsp3) is 0.188. The van der Waals surface area contributed by atoms with Crippen molar-refractivity contribution < 1.29 is 14.6 Å². The number of benzene rings is 2. The van der Waals surface area contributed by atoms with Crippen LogP contribution in [0.3, 0.4) is 0 Å². The summed E-state index contributed by atoms with van der Waals surface area (Å²) in [6, 6.07) is 14.1. The number of carbonyl (C=O) groups excluding carboxylic acids is 1. The first-order valence-corrected chi connectivity index (χ1v) is 6.28. The number of methoxy groups -OCH3 is 1. The highest BCUT2D eigenvalue weighted by atomic mass is 16.5. The average Bonchev–Trinajstić information content (AvgIpc) is 2.47. The Bertz CT molecular complexity index is 610. The molecule has 2 aromatic rings. The number of hydrogen-bond acceptors (Lipinski definition) is 3. The maximum Gasteiger partial charge on any atom is 0.257 e. The van der Waals surface area contributed by atoms with Gasteiger partial charge in [-0.15, -0.1) is 0 Å². The van der Waals surface area contributed by atoms with Gasteiger partial charge in [-0.1, -0.05) is 24.3 Å². The Kier molecular flexibility index (Phi) is 4.25. The van der Waals surface area contributed by atoms with E-state index in [4.69, 9.17) is 4.74 Å². The van der Waals surface area contributed by atoms with Crippen LogP contribution in [0.1, 0.15) is 15.9 Å². The first kappa shape index (κ1) is 13.9. The molecule has 0 unspecified atom stereocenters. The zero-order chi connectivity index (χ0) is 14.5. The average molecular weight is 271 g/mol. The van der Waals surface area contributed by atoms with E-state index in [2.05, 4.69) is 0 Å². The summed E-state index contributed by atoms with van der Waals surface area (Å²) in [6.45, 7) is 0.449. The lowest BCUT2D eigenvalue weighted by atomic mass is 10.1. The molecule has 0 spiro atoms. The number of carbonyl (C=O) groups is 1. The van der Waals surface area contributed by atoms with Crippen molar-refractivity contribution in [1.82, 2.24) is 4.90 Å². The minimum Gasteiger partial charge on any atom is -0.507 e. The molecule has 0 heterocycles. The second kappa shape index (κ2) is 6.10. The van der Waals surface area contributed by atoms with Crippen LogP contribution in [0.25, 0.3) is 0 Å². The zero-order valence-corrected chi connectivity index (χ0v) is 11.5. The molecule has 2 rings (SSSR count). The summed E-state index contributed by atoms with van der Waals surface area (Å²) in [5.74, 6) is 0.534. The third-order valence-electron chi connectivity index (χ3n) is 3.04. The largest absolute Gasteiger partial charge is 0.507 e. The van der Waals surface area contributed by atoms with Crippen LogP contribution in [0, 0.1) is 0 Å². The normalized spacial score (nSPS) is 10.1. The van der Waals surface area contributed by atoms with Gasteiger partial charge in [-0.2, -0.15) is 0 Å². The van der Waals surface area contributed by atoms with Gasteiger partial charge in [0.15, 0.2) is 0 Å². The maximum atomic E-state index is 12.3. The second-order valence-electron chi connectivity index (χ2n) is 4.53. The van der Waals surface area contributed by atoms with Gasteiger partial charge < -0.3 is 14.7 Å². The summed E-state index contributed by atoms with van der Waals surface area (Å²) in [7, 11) is 3.31. The van der Waals surface area contributed by atoms with Crippen molar-refractivity contribution in [3.8, 4) is 11.5 Å². The van der Waals surface area contributed by atoms with Crippen LogP contribution in [-0.4, -0.2) is 30.1 Å². The smallest absolute Gasteiger partial charge is 0.257 e. The summed E-state index contributed by atoms with van der Waals surface area (Å²) < 4.78 is 5.16. The Labute approximate surface area is 118 Å². The molecule has 104 valence electrons. The third kappa shape index (κ3) is 3.09. The fourth-order valence-corrected chi connectivity index (χ4v) is 1.98. The molecule has 1 N–H and O–H groups in total. The third-order valence-corrected chi connectivity index (χ3v) is 3.04. The highest BCUT2D eigenvalue weighted by molar-refractivity contribution is 5.96. The van der Waals surface area contributed by atoms with Crippen molar-refractivity contribution in [3.63, 3.8) is 0 Å². The van der Waals surface area contributed by atoms with Gasteiger partial charge in [-0.25, -0.2) is 0 Å². The molecule has 0 saturated carbocycles. The Morgan fingerprint density at radius 2 is 1.95 bits per heavy atom. The van der Waals surface area contributed by atoms with Crippen molar-refractivity contribution in [1.29, 1.82) is 0 Å². The molecule has 0 saturated heterocycles. The van der Waals surface area contributed by atoms with E-state index in [0.717, 1.165) is 11.3 Å². The number of hydrogen-bond donors (Lipinski definition) is 1. The Balaban J connectivity index is 2.13. The van der Waals surface area contributed by atoms with E-state index in [1.165, 1.54) is 6.07 Å². The lowest BCUT2D eigenvalue weighted by Gasteiger charge is -2.18. The molecular formula is C16H17NO3. The van der Waals surface area contributed by atoms with Crippen molar-refractivity contribution >= 4 is 5.91 Å². The van der Waals surface area contributed by atoms with E-state index in [9.17, 15) is 9.90 Å². The SMILES string of the molecule is COc1cccc(CN(C)C(=O)c2ccccc2O)c1. The molecule has 4 heteroatoms. The number of para-hydroxylation sites is 1. The van der Waals surface area contributed by atoms with E-state index in [1.54, 1.807) is 37.3 Å². The van der Waals surface area contributed by atoms with Crippen LogP contribution in [0.5, 0.6) is 11.5 Å². The number of phenols is 1. The van der Waals surface area contributed by atoms with Gasteiger partial charge in [0.25, 0.3) is 5.91 Å². The molecular weight excluding hydrogens is 254 g/mol. The number of amides is 1. The number of phenolic OH excluding ortho intramolecular Hbond substituents is 1. The lowest BCUT2D eigenvalue weighted by Crippen LogP contribution is -2.26. The van der Waals surface area contributed by atoms with Crippen LogP contribution in [0.15, 0.2) is 48.5 Å². The quantitative estimate of drug-likeness (QED) is 0.930. The Morgan fingerprint density at radius 3 is 2.65 bits per heavy atom. The van der Waals surface area contributed by atoms with Crippen LogP contribution < -0.4 is 4.74 Å². The topological polar surface area (TPSA) is 49.8 Å². The molecule has 2 aromatic carbocycles. The van der Waals surface area contributed by atoms with Crippen molar-refractivity contribution in [2.45, 2.75) is 6.54 Å². The summed E-state index contributed by atoms with van der Waals surface area (Å²) in [6.07, 6.45) is 0. The molecule has 1 amide bonds. The summed E-state index contributed by atoms with van der Waals surface area (Å²) in [5, 5.41) is 9.71. The number of nitrogens with zero attached hydrogens (tertiary/aromatic N) is 1. The molecule has 0 aliphatic heterocycles. The molecule has 0 fully saturated rings. The molecule has 0 radical (unpaired) electrons. The van der Waals surface area contributed by atoms with Gasteiger partial charge in [0.1, 0.15) is 11.5 Å². The first-order chi connectivity index (χ1) is 9.61. The summed E-state index contributed by atoms with van der Waals surface area (Å²) in [5.41, 5.74) is 1.27. The summed E-state index contributed by atoms with van der Waals surface area (Å²) in [4.78, 5) is 13.8. The van der Waals surface area contributed by atoms with E-state index < -0.39 is 0 Å². The molecule has 0 bridgehead atoms. The van der Waals surface area contributed by atoms with Crippen molar-refractivity contribution in [2.75, 3.05) is 14.2 Å². The van der Waals surface area contributed by atoms with Crippen molar-refractivity contribution in [3.05, 3.63) is 59.7 Å². The van der Waals surface area contributed by atoms with Gasteiger partial charge in [0.2, 0.25) is 0 Å². The van der Waals surface area contributed by atoms with Crippen LogP contribution in [0.2, 0.25) is 0 Å². The van der Waals surface area contributed by atoms with E-state index >= 15 is 0 Å².